The molecule has 3 rings (SSSR count). The lowest BCUT2D eigenvalue weighted by Gasteiger charge is -2.08. The van der Waals surface area contributed by atoms with E-state index < -0.39 is 0 Å². The average molecular weight is 227 g/mol. The Balaban J connectivity index is 2.03. The fraction of sp³-hybridized carbons (Fsp3) is 0.333. The van der Waals surface area contributed by atoms with E-state index in [9.17, 15) is 0 Å². The summed E-state index contributed by atoms with van der Waals surface area (Å²) < 4.78 is 1.65. The summed E-state index contributed by atoms with van der Waals surface area (Å²) in [6.45, 7) is 0. The van der Waals surface area contributed by atoms with Crippen molar-refractivity contribution in [2.24, 2.45) is 0 Å². The maximum absolute atomic E-state index is 8.85. The van der Waals surface area contributed by atoms with E-state index in [2.05, 4.69) is 16.1 Å². The van der Waals surface area contributed by atoms with Gasteiger partial charge in [-0.25, -0.2) is 4.68 Å². The fourth-order valence-corrected chi connectivity index (χ4v) is 2.31. The van der Waals surface area contributed by atoms with Crippen LogP contribution in [0.4, 0.5) is 5.82 Å². The molecule has 3 N–H and O–H groups in total. The highest BCUT2D eigenvalue weighted by atomic mass is 15.3. The van der Waals surface area contributed by atoms with Crippen LogP contribution in [0.3, 0.4) is 0 Å². The first-order valence-electron chi connectivity index (χ1n) is 5.74. The summed E-state index contributed by atoms with van der Waals surface area (Å²) >= 11 is 0. The van der Waals surface area contributed by atoms with Gasteiger partial charge in [0.2, 0.25) is 0 Å². The first-order valence-corrected chi connectivity index (χ1v) is 5.74. The van der Waals surface area contributed by atoms with Gasteiger partial charge in [-0.2, -0.15) is 5.26 Å². The Morgan fingerprint density at radius 1 is 1.41 bits per heavy atom. The van der Waals surface area contributed by atoms with Crippen molar-refractivity contribution < 1.29 is 0 Å². The molecular formula is C12H13N5. The first-order chi connectivity index (χ1) is 8.28. The maximum Gasteiger partial charge on any atom is 0.163 e. The van der Waals surface area contributed by atoms with Crippen molar-refractivity contribution >= 4 is 5.82 Å². The molecule has 0 unspecified atom stereocenters. The zero-order valence-electron chi connectivity index (χ0n) is 9.40. The van der Waals surface area contributed by atoms with Crippen LogP contribution < -0.4 is 5.73 Å². The number of aromatic amines is 1. The molecule has 0 amide bonds. The molecule has 2 aromatic rings. The molecule has 1 aliphatic rings. The molecule has 0 atom stereocenters. The Hall–Kier alpha value is -2.22. The molecule has 2 heterocycles. The van der Waals surface area contributed by atoms with Crippen molar-refractivity contribution in [3.63, 3.8) is 0 Å². The zero-order valence-corrected chi connectivity index (χ0v) is 9.40. The number of hydrogen-bond donors (Lipinski definition) is 2. The van der Waals surface area contributed by atoms with Crippen molar-refractivity contribution in [2.75, 3.05) is 5.73 Å². The number of aromatic nitrogens is 3. The summed E-state index contributed by atoms with van der Waals surface area (Å²) in [7, 11) is 0. The Kier molecular flexibility index (Phi) is 2.15. The van der Waals surface area contributed by atoms with Gasteiger partial charge in [0.1, 0.15) is 17.5 Å². The van der Waals surface area contributed by atoms with Crippen molar-refractivity contribution in [2.45, 2.75) is 25.7 Å². The minimum Gasteiger partial charge on any atom is -0.381 e. The summed E-state index contributed by atoms with van der Waals surface area (Å²) in [5.41, 5.74) is 8.71. The summed E-state index contributed by atoms with van der Waals surface area (Å²) in [6, 6.07) is 4.12. The second-order valence-electron chi connectivity index (χ2n) is 4.35. The Bertz CT molecular complexity index is 575. The lowest BCUT2D eigenvalue weighted by Crippen LogP contribution is -2.00. The highest BCUT2D eigenvalue weighted by Crippen LogP contribution is 2.23. The van der Waals surface area contributed by atoms with E-state index in [0.717, 1.165) is 18.7 Å². The number of hydrogen-bond acceptors (Lipinski definition) is 3. The lowest BCUT2D eigenvalue weighted by molar-refractivity contribution is 0.676. The van der Waals surface area contributed by atoms with Gasteiger partial charge in [-0.3, -0.25) is 0 Å². The first kappa shape index (κ1) is 9.97. The second kappa shape index (κ2) is 3.67. The average Bonchev–Trinajstić information content (AvgIpc) is 2.91. The summed E-state index contributed by atoms with van der Waals surface area (Å²) in [4.78, 5) is 3.35. The molecule has 0 saturated carbocycles. The highest BCUT2D eigenvalue weighted by Gasteiger charge is 2.14. The van der Waals surface area contributed by atoms with E-state index >= 15 is 0 Å². The molecule has 0 aromatic carbocycles. The second-order valence-corrected chi connectivity index (χ2v) is 4.35. The van der Waals surface area contributed by atoms with Gasteiger partial charge in [0.25, 0.3) is 0 Å². The predicted octanol–water partition coefficient (Wildman–Crippen LogP) is 1.53. The van der Waals surface area contributed by atoms with Gasteiger partial charge in [0.15, 0.2) is 5.82 Å². The number of aryl methyl sites for hydroxylation is 2. The minimum absolute atomic E-state index is 0.278. The molecule has 0 saturated heterocycles. The number of anilines is 1. The van der Waals surface area contributed by atoms with E-state index in [1.165, 1.54) is 24.1 Å². The SMILES string of the molecule is N#Cc1cn(-c2cc3c([nH]2)CCCC3)nc1N. The largest absolute Gasteiger partial charge is 0.381 e. The van der Waals surface area contributed by atoms with E-state index in [4.69, 9.17) is 11.0 Å². The molecule has 0 fully saturated rings. The number of rotatable bonds is 1. The molecule has 17 heavy (non-hydrogen) atoms. The standard InChI is InChI=1S/C12H13N5/c13-6-9-7-17(16-12(9)14)11-5-8-3-1-2-4-10(8)15-11/h5,7,15H,1-4H2,(H2,14,16). The number of nitrogens with zero attached hydrogens (tertiary/aromatic N) is 3. The molecule has 2 aromatic heterocycles. The molecule has 0 radical (unpaired) electrons. The smallest absolute Gasteiger partial charge is 0.163 e. The van der Waals surface area contributed by atoms with E-state index in [-0.39, 0.29) is 5.82 Å². The van der Waals surface area contributed by atoms with Gasteiger partial charge in [0, 0.05) is 5.69 Å². The number of nitrogen functional groups attached to an aromatic ring is 1. The molecule has 5 heteroatoms. The van der Waals surface area contributed by atoms with E-state index in [0.29, 0.717) is 5.56 Å². The quantitative estimate of drug-likeness (QED) is 0.775. The topological polar surface area (TPSA) is 83.4 Å². The van der Waals surface area contributed by atoms with Crippen molar-refractivity contribution in [3.8, 4) is 11.9 Å². The van der Waals surface area contributed by atoms with Gasteiger partial charge >= 0.3 is 0 Å². The van der Waals surface area contributed by atoms with Gasteiger partial charge in [-0.05, 0) is 37.3 Å². The van der Waals surface area contributed by atoms with Crippen LogP contribution in [0, 0.1) is 11.3 Å². The van der Waals surface area contributed by atoms with Crippen LogP contribution in [0.15, 0.2) is 12.3 Å². The number of nitriles is 1. The Labute approximate surface area is 98.9 Å². The highest BCUT2D eigenvalue weighted by molar-refractivity contribution is 5.48. The molecule has 0 bridgehead atoms. The van der Waals surface area contributed by atoms with Crippen molar-refractivity contribution in [3.05, 3.63) is 29.1 Å². The monoisotopic (exact) mass is 227 g/mol. The van der Waals surface area contributed by atoms with Crippen LogP contribution in [0.5, 0.6) is 0 Å². The lowest BCUT2D eigenvalue weighted by atomic mass is 9.98. The zero-order chi connectivity index (χ0) is 11.8. The molecule has 0 spiro atoms. The molecule has 86 valence electrons. The van der Waals surface area contributed by atoms with Crippen LogP contribution in [0.25, 0.3) is 5.82 Å². The van der Waals surface area contributed by atoms with E-state index in [1.807, 2.05) is 6.07 Å². The maximum atomic E-state index is 8.85. The predicted molar refractivity (Wildman–Crippen MR) is 63.7 cm³/mol. The van der Waals surface area contributed by atoms with Gasteiger partial charge in [0.05, 0.1) is 6.20 Å². The third kappa shape index (κ3) is 1.58. The van der Waals surface area contributed by atoms with Gasteiger partial charge in [-0.15, -0.1) is 5.10 Å². The number of nitrogens with one attached hydrogen (secondary N) is 1. The van der Waals surface area contributed by atoms with Gasteiger partial charge < -0.3 is 10.7 Å². The molecular weight excluding hydrogens is 214 g/mol. The van der Waals surface area contributed by atoms with Crippen LogP contribution in [-0.2, 0) is 12.8 Å². The van der Waals surface area contributed by atoms with Crippen LogP contribution in [-0.4, -0.2) is 14.8 Å². The molecule has 0 aliphatic heterocycles. The summed E-state index contributed by atoms with van der Waals surface area (Å²) in [6.07, 6.45) is 6.35. The van der Waals surface area contributed by atoms with Crippen LogP contribution in [0.1, 0.15) is 29.7 Å². The van der Waals surface area contributed by atoms with Crippen LogP contribution >= 0.6 is 0 Å². The Morgan fingerprint density at radius 2 is 2.24 bits per heavy atom. The van der Waals surface area contributed by atoms with Crippen LogP contribution in [0.2, 0.25) is 0 Å². The summed E-state index contributed by atoms with van der Waals surface area (Å²) in [5, 5.41) is 13.0. The number of fused-ring (bicyclic) bond motifs is 1. The minimum atomic E-state index is 0.278. The fourth-order valence-electron chi connectivity index (χ4n) is 2.31. The third-order valence-electron chi connectivity index (χ3n) is 3.21. The number of nitrogens with two attached hydrogens (primary N) is 1. The van der Waals surface area contributed by atoms with E-state index in [1.54, 1.807) is 10.9 Å². The Morgan fingerprint density at radius 3 is 2.94 bits per heavy atom. The van der Waals surface area contributed by atoms with Crippen molar-refractivity contribution in [1.29, 1.82) is 5.26 Å². The third-order valence-corrected chi connectivity index (χ3v) is 3.21. The summed E-state index contributed by atoms with van der Waals surface area (Å²) in [5.74, 6) is 1.17. The normalized spacial score (nSPS) is 14.3. The van der Waals surface area contributed by atoms with Gasteiger partial charge in [-0.1, -0.05) is 0 Å². The molecule has 5 nitrogen and oxygen atoms in total. The number of H-pyrrole nitrogens is 1. The van der Waals surface area contributed by atoms with Crippen molar-refractivity contribution in [1.82, 2.24) is 14.8 Å². The molecule has 1 aliphatic carbocycles.